The molecular formula is C22H22N2O2. The number of ether oxygens (including phenoxy) is 1. The molecule has 0 spiro atoms. The zero-order valence-corrected chi connectivity index (χ0v) is 14.7. The third-order valence-corrected chi connectivity index (χ3v) is 3.86. The van der Waals surface area contributed by atoms with Crippen LogP contribution in [0, 0.1) is 0 Å². The lowest BCUT2D eigenvalue weighted by Crippen LogP contribution is -2.16. The molecule has 0 atom stereocenters. The molecule has 0 aliphatic heterocycles. The molecule has 0 amide bonds. The summed E-state index contributed by atoms with van der Waals surface area (Å²) in [6.07, 6.45) is 1.78. The van der Waals surface area contributed by atoms with Crippen LogP contribution < -0.4 is 9.75 Å². The maximum absolute atomic E-state index is 9.84. The minimum Gasteiger partial charge on any atom is -0.504 e. The first kappa shape index (κ1) is 17.5. The lowest BCUT2D eigenvalue weighted by molar-refractivity contribution is 0.318. The summed E-state index contributed by atoms with van der Waals surface area (Å²) in [4.78, 5) is 0. The maximum Gasteiger partial charge on any atom is 0.161 e. The van der Waals surface area contributed by atoms with Crippen LogP contribution in [0.2, 0.25) is 0 Å². The number of phenols is 1. The first-order valence-electron chi connectivity index (χ1n) is 8.62. The first-order chi connectivity index (χ1) is 12.8. The number of para-hydroxylation sites is 1. The van der Waals surface area contributed by atoms with E-state index in [0.717, 1.165) is 11.3 Å². The van der Waals surface area contributed by atoms with E-state index in [1.807, 2.05) is 66.5 Å². The zero-order chi connectivity index (χ0) is 18.2. The summed E-state index contributed by atoms with van der Waals surface area (Å²) in [5, 5.41) is 16.4. The topological polar surface area (TPSA) is 45.1 Å². The Morgan fingerprint density at radius 2 is 1.65 bits per heavy atom. The van der Waals surface area contributed by atoms with Crippen LogP contribution in [0.15, 0.2) is 84.0 Å². The molecule has 4 nitrogen and oxygen atoms in total. The Hall–Kier alpha value is -3.27. The number of benzene rings is 3. The Kier molecular flexibility index (Phi) is 5.88. The van der Waals surface area contributed by atoms with Crippen LogP contribution in [0.25, 0.3) is 0 Å². The zero-order valence-electron chi connectivity index (χ0n) is 14.7. The second-order valence-corrected chi connectivity index (χ2v) is 5.78. The van der Waals surface area contributed by atoms with Gasteiger partial charge in [-0.25, -0.2) is 0 Å². The highest BCUT2D eigenvalue weighted by Gasteiger charge is 2.06. The standard InChI is InChI=1S/C22H22N2O2/c1-2-26-22-15-19(13-14-21(22)25)16-23-24(20-11-7-4-8-12-20)17-18-9-5-3-6-10-18/h3-16,25H,2,17H2,1H3. The Balaban J connectivity index is 1.85. The van der Waals surface area contributed by atoms with Gasteiger partial charge in [0.15, 0.2) is 11.5 Å². The van der Waals surface area contributed by atoms with E-state index in [2.05, 4.69) is 17.2 Å². The quantitative estimate of drug-likeness (QED) is 0.492. The molecule has 132 valence electrons. The summed E-state index contributed by atoms with van der Waals surface area (Å²) in [6, 6.07) is 25.5. The molecular weight excluding hydrogens is 324 g/mol. The molecule has 0 saturated heterocycles. The molecule has 0 fully saturated rings. The number of hydrogen-bond acceptors (Lipinski definition) is 4. The van der Waals surface area contributed by atoms with E-state index in [4.69, 9.17) is 4.74 Å². The predicted molar refractivity (Wildman–Crippen MR) is 106 cm³/mol. The highest BCUT2D eigenvalue weighted by Crippen LogP contribution is 2.26. The Bertz CT molecular complexity index is 849. The fraction of sp³-hybridized carbons (Fsp3) is 0.136. The summed E-state index contributed by atoms with van der Waals surface area (Å²) >= 11 is 0. The van der Waals surface area contributed by atoms with Crippen LogP contribution in [0.1, 0.15) is 18.1 Å². The van der Waals surface area contributed by atoms with Crippen molar-refractivity contribution in [3.05, 3.63) is 90.0 Å². The number of hydrazone groups is 1. The van der Waals surface area contributed by atoms with Gasteiger partial charge >= 0.3 is 0 Å². The first-order valence-corrected chi connectivity index (χ1v) is 8.62. The summed E-state index contributed by atoms with van der Waals surface area (Å²) in [6.45, 7) is 3.05. The van der Waals surface area contributed by atoms with Gasteiger partial charge in [-0.05, 0) is 48.4 Å². The van der Waals surface area contributed by atoms with E-state index in [1.54, 1.807) is 18.3 Å². The smallest absolute Gasteiger partial charge is 0.161 e. The largest absolute Gasteiger partial charge is 0.504 e. The van der Waals surface area contributed by atoms with Crippen molar-refractivity contribution in [2.45, 2.75) is 13.5 Å². The molecule has 26 heavy (non-hydrogen) atoms. The van der Waals surface area contributed by atoms with Gasteiger partial charge in [-0.2, -0.15) is 5.10 Å². The minimum atomic E-state index is 0.133. The fourth-order valence-electron chi connectivity index (χ4n) is 2.57. The monoisotopic (exact) mass is 346 g/mol. The van der Waals surface area contributed by atoms with Gasteiger partial charge in [0, 0.05) is 0 Å². The van der Waals surface area contributed by atoms with Gasteiger partial charge in [0.25, 0.3) is 0 Å². The van der Waals surface area contributed by atoms with Crippen molar-refractivity contribution in [2.75, 3.05) is 11.6 Å². The Morgan fingerprint density at radius 3 is 2.35 bits per heavy atom. The van der Waals surface area contributed by atoms with Crippen molar-refractivity contribution < 1.29 is 9.84 Å². The van der Waals surface area contributed by atoms with Crippen molar-refractivity contribution in [3.8, 4) is 11.5 Å². The third-order valence-electron chi connectivity index (χ3n) is 3.86. The predicted octanol–water partition coefficient (Wildman–Crippen LogP) is 4.83. The number of anilines is 1. The molecule has 0 unspecified atom stereocenters. The normalized spacial score (nSPS) is 10.8. The number of rotatable bonds is 7. The van der Waals surface area contributed by atoms with Gasteiger partial charge in [0.2, 0.25) is 0 Å². The van der Waals surface area contributed by atoms with E-state index in [-0.39, 0.29) is 5.75 Å². The van der Waals surface area contributed by atoms with Crippen LogP contribution in [-0.2, 0) is 6.54 Å². The summed E-state index contributed by atoms with van der Waals surface area (Å²) in [5.74, 6) is 0.596. The van der Waals surface area contributed by atoms with Gasteiger partial charge in [-0.15, -0.1) is 0 Å². The molecule has 0 radical (unpaired) electrons. The van der Waals surface area contributed by atoms with E-state index in [9.17, 15) is 5.11 Å². The van der Waals surface area contributed by atoms with Crippen LogP contribution in [0.3, 0.4) is 0 Å². The van der Waals surface area contributed by atoms with Crippen molar-refractivity contribution >= 4 is 11.9 Å². The van der Waals surface area contributed by atoms with E-state index < -0.39 is 0 Å². The molecule has 3 aromatic carbocycles. The average molecular weight is 346 g/mol. The molecule has 4 heteroatoms. The number of phenolic OH excluding ortho intramolecular Hbond substituents is 1. The second kappa shape index (κ2) is 8.72. The van der Waals surface area contributed by atoms with E-state index >= 15 is 0 Å². The second-order valence-electron chi connectivity index (χ2n) is 5.78. The molecule has 0 saturated carbocycles. The summed E-state index contributed by atoms with van der Waals surface area (Å²) in [5.41, 5.74) is 3.05. The summed E-state index contributed by atoms with van der Waals surface area (Å²) in [7, 11) is 0. The number of aromatic hydroxyl groups is 1. The molecule has 0 aliphatic rings. The lowest BCUT2D eigenvalue weighted by Gasteiger charge is -2.19. The fourth-order valence-corrected chi connectivity index (χ4v) is 2.57. The van der Waals surface area contributed by atoms with Gasteiger partial charge in [-0.3, -0.25) is 5.01 Å². The maximum atomic E-state index is 9.84. The van der Waals surface area contributed by atoms with Crippen molar-refractivity contribution in [1.29, 1.82) is 0 Å². The van der Waals surface area contributed by atoms with Crippen LogP contribution >= 0.6 is 0 Å². The minimum absolute atomic E-state index is 0.133. The molecule has 0 aliphatic carbocycles. The highest BCUT2D eigenvalue weighted by molar-refractivity contribution is 5.81. The highest BCUT2D eigenvalue weighted by atomic mass is 16.5. The van der Waals surface area contributed by atoms with Gasteiger partial charge in [0.05, 0.1) is 25.1 Å². The van der Waals surface area contributed by atoms with Crippen molar-refractivity contribution in [1.82, 2.24) is 0 Å². The van der Waals surface area contributed by atoms with E-state index in [0.29, 0.717) is 18.9 Å². The number of nitrogens with zero attached hydrogens (tertiary/aromatic N) is 2. The molecule has 0 heterocycles. The molecule has 0 bridgehead atoms. The SMILES string of the molecule is CCOc1cc(C=NN(Cc2ccccc2)c2ccccc2)ccc1O. The molecule has 0 aromatic heterocycles. The molecule has 1 N–H and O–H groups in total. The average Bonchev–Trinajstić information content (AvgIpc) is 2.69. The van der Waals surface area contributed by atoms with Gasteiger partial charge < -0.3 is 9.84 Å². The van der Waals surface area contributed by atoms with Crippen molar-refractivity contribution in [2.24, 2.45) is 5.10 Å². The third kappa shape index (κ3) is 4.63. The van der Waals surface area contributed by atoms with E-state index in [1.165, 1.54) is 5.56 Å². The Labute approximate surface area is 154 Å². The molecule has 3 rings (SSSR count). The van der Waals surface area contributed by atoms with Gasteiger partial charge in [0.1, 0.15) is 0 Å². The van der Waals surface area contributed by atoms with Crippen molar-refractivity contribution in [3.63, 3.8) is 0 Å². The number of hydrogen-bond donors (Lipinski definition) is 1. The van der Waals surface area contributed by atoms with Gasteiger partial charge in [-0.1, -0.05) is 48.5 Å². The van der Waals surface area contributed by atoms with Crippen LogP contribution in [-0.4, -0.2) is 17.9 Å². The molecule has 3 aromatic rings. The Morgan fingerprint density at radius 1 is 0.962 bits per heavy atom. The van der Waals surface area contributed by atoms with Crippen LogP contribution in [0.4, 0.5) is 5.69 Å². The lowest BCUT2D eigenvalue weighted by atomic mass is 10.2. The summed E-state index contributed by atoms with van der Waals surface area (Å²) < 4.78 is 5.44. The van der Waals surface area contributed by atoms with Crippen LogP contribution in [0.5, 0.6) is 11.5 Å².